The highest BCUT2D eigenvalue weighted by Crippen LogP contribution is 2.10. The Labute approximate surface area is 123 Å². The number of oxime groups is 1. The van der Waals surface area contributed by atoms with Crippen LogP contribution in [0.25, 0.3) is 0 Å². The summed E-state index contributed by atoms with van der Waals surface area (Å²) in [6, 6.07) is 14.9. The second kappa shape index (κ2) is 6.38. The fraction of sp³-hybridized carbons (Fsp3) is 0.0714. The number of rotatable bonds is 5. The van der Waals surface area contributed by atoms with E-state index in [0.717, 1.165) is 0 Å². The summed E-state index contributed by atoms with van der Waals surface area (Å²) in [5, 5.41) is 11.6. The van der Waals surface area contributed by atoms with E-state index in [0.29, 0.717) is 11.1 Å². The minimum absolute atomic E-state index is 0.0252. The van der Waals surface area contributed by atoms with E-state index < -0.39 is 10.0 Å². The highest BCUT2D eigenvalue weighted by molar-refractivity contribution is 7.89. The van der Waals surface area contributed by atoms with E-state index in [1.807, 2.05) is 0 Å². The molecule has 7 heteroatoms. The second-order valence-electron chi connectivity index (χ2n) is 4.32. The van der Waals surface area contributed by atoms with Gasteiger partial charge in [-0.2, -0.15) is 0 Å². The van der Waals surface area contributed by atoms with E-state index in [1.54, 1.807) is 42.5 Å². The number of nitrogens with two attached hydrogens (primary N) is 1. The van der Waals surface area contributed by atoms with E-state index in [-0.39, 0.29) is 17.3 Å². The monoisotopic (exact) mass is 305 g/mol. The number of amidine groups is 1. The molecule has 0 aromatic heterocycles. The van der Waals surface area contributed by atoms with Crippen LogP contribution in [0.2, 0.25) is 0 Å². The zero-order chi connectivity index (χ0) is 15.3. The van der Waals surface area contributed by atoms with Gasteiger partial charge in [-0.15, -0.1) is 0 Å². The number of hydrogen-bond acceptors (Lipinski definition) is 4. The predicted molar refractivity (Wildman–Crippen MR) is 79.4 cm³/mol. The van der Waals surface area contributed by atoms with Crippen LogP contribution in [-0.2, 0) is 16.6 Å². The standard InChI is InChI=1S/C14H15N3O3S/c15-14(17-18)12-6-4-5-11(9-12)10-16-21(19,20)13-7-2-1-3-8-13/h1-9,16,18H,10H2,(H2,15,17). The Morgan fingerprint density at radius 3 is 2.52 bits per heavy atom. The number of nitrogens with one attached hydrogen (secondary N) is 1. The van der Waals surface area contributed by atoms with E-state index in [9.17, 15) is 8.42 Å². The third-order valence-corrected chi connectivity index (χ3v) is 4.27. The molecule has 4 N–H and O–H groups in total. The molecule has 0 amide bonds. The smallest absolute Gasteiger partial charge is 0.240 e. The van der Waals surface area contributed by atoms with Crippen molar-refractivity contribution in [3.63, 3.8) is 0 Å². The van der Waals surface area contributed by atoms with Crippen LogP contribution >= 0.6 is 0 Å². The lowest BCUT2D eigenvalue weighted by molar-refractivity contribution is 0.318. The van der Waals surface area contributed by atoms with Crippen LogP contribution < -0.4 is 10.5 Å². The maximum absolute atomic E-state index is 12.1. The Morgan fingerprint density at radius 2 is 1.86 bits per heavy atom. The van der Waals surface area contributed by atoms with Crippen molar-refractivity contribution < 1.29 is 13.6 Å². The number of hydrogen-bond donors (Lipinski definition) is 3. The van der Waals surface area contributed by atoms with E-state index >= 15 is 0 Å². The molecule has 0 heterocycles. The molecule has 2 rings (SSSR count). The lowest BCUT2D eigenvalue weighted by Gasteiger charge is -2.08. The van der Waals surface area contributed by atoms with Crippen LogP contribution in [0.1, 0.15) is 11.1 Å². The Balaban J connectivity index is 2.14. The third kappa shape index (κ3) is 3.80. The Bertz CT molecular complexity index is 743. The fourth-order valence-corrected chi connectivity index (χ4v) is 2.80. The van der Waals surface area contributed by atoms with Gasteiger partial charge in [0.2, 0.25) is 10.0 Å². The molecule has 110 valence electrons. The van der Waals surface area contributed by atoms with Gasteiger partial charge in [-0.3, -0.25) is 0 Å². The van der Waals surface area contributed by atoms with Crippen molar-refractivity contribution in [3.05, 3.63) is 65.7 Å². The van der Waals surface area contributed by atoms with Gasteiger partial charge in [0.05, 0.1) is 4.90 Å². The van der Waals surface area contributed by atoms with Gasteiger partial charge in [-0.1, -0.05) is 41.6 Å². The van der Waals surface area contributed by atoms with Crippen molar-refractivity contribution >= 4 is 15.9 Å². The first kappa shape index (κ1) is 15.0. The molecule has 0 aliphatic rings. The molecular weight excluding hydrogens is 290 g/mol. The first-order valence-electron chi connectivity index (χ1n) is 6.14. The van der Waals surface area contributed by atoms with Gasteiger partial charge in [0.15, 0.2) is 5.84 Å². The Morgan fingerprint density at radius 1 is 1.14 bits per heavy atom. The molecule has 2 aromatic rings. The summed E-state index contributed by atoms with van der Waals surface area (Å²) in [4.78, 5) is 0.206. The molecule has 0 saturated heterocycles. The predicted octanol–water partition coefficient (Wildman–Crippen LogP) is 1.26. The summed E-state index contributed by atoms with van der Waals surface area (Å²) in [6.07, 6.45) is 0. The minimum Gasteiger partial charge on any atom is -0.409 e. The normalized spacial score (nSPS) is 12.3. The van der Waals surface area contributed by atoms with Crippen molar-refractivity contribution in [2.24, 2.45) is 10.9 Å². The molecule has 0 aliphatic heterocycles. The summed E-state index contributed by atoms with van der Waals surface area (Å²) in [5.74, 6) is -0.0252. The molecule has 0 spiro atoms. The lowest BCUT2D eigenvalue weighted by atomic mass is 10.1. The summed E-state index contributed by atoms with van der Waals surface area (Å²) in [5.41, 5.74) is 6.73. The molecule has 0 saturated carbocycles. The minimum atomic E-state index is -3.56. The Hall–Kier alpha value is -2.38. The maximum Gasteiger partial charge on any atom is 0.240 e. The largest absolute Gasteiger partial charge is 0.409 e. The number of nitrogens with zero attached hydrogens (tertiary/aromatic N) is 1. The molecular formula is C14H15N3O3S. The van der Waals surface area contributed by atoms with Crippen LogP contribution in [0.5, 0.6) is 0 Å². The van der Waals surface area contributed by atoms with Gasteiger partial charge in [-0.05, 0) is 23.8 Å². The molecule has 0 bridgehead atoms. The first-order chi connectivity index (χ1) is 10.0. The SMILES string of the molecule is NC(=NO)c1cccc(CNS(=O)(=O)c2ccccc2)c1. The van der Waals surface area contributed by atoms with Gasteiger partial charge in [0.1, 0.15) is 0 Å². The van der Waals surface area contributed by atoms with Gasteiger partial charge < -0.3 is 10.9 Å². The first-order valence-corrected chi connectivity index (χ1v) is 7.63. The van der Waals surface area contributed by atoms with Gasteiger partial charge in [0.25, 0.3) is 0 Å². The number of benzene rings is 2. The number of sulfonamides is 1. The highest BCUT2D eigenvalue weighted by atomic mass is 32.2. The average Bonchev–Trinajstić information content (AvgIpc) is 2.53. The summed E-state index contributed by atoms with van der Waals surface area (Å²) < 4.78 is 26.7. The molecule has 0 aliphatic carbocycles. The van der Waals surface area contributed by atoms with Crippen LogP contribution in [0.15, 0.2) is 64.6 Å². The molecule has 0 fully saturated rings. The highest BCUT2D eigenvalue weighted by Gasteiger charge is 2.12. The topological polar surface area (TPSA) is 105 Å². The van der Waals surface area contributed by atoms with E-state index in [2.05, 4.69) is 9.88 Å². The lowest BCUT2D eigenvalue weighted by Crippen LogP contribution is -2.23. The van der Waals surface area contributed by atoms with Gasteiger partial charge in [-0.25, -0.2) is 13.1 Å². The van der Waals surface area contributed by atoms with Crippen molar-refractivity contribution in [3.8, 4) is 0 Å². The third-order valence-electron chi connectivity index (χ3n) is 2.85. The van der Waals surface area contributed by atoms with Gasteiger partial charge in [0, 0.05) is 12.1 Å². The quantitative estimate of drug-likeness (QED) is 0.335. The second-order valence-corrected chi connectivity index (χ2v) is 6.09. The summed E-state index contributed by atoms with van der Waals surface area (Å²) in [6.45, 7) is 0.115. The zero-order valence-corrected chi connectivity index (χ0v) is 11.9. The van der Waals surface area contributed by atoms with Crippen LogP contribution in [0.3, 0.4) is 0 Å². The molecule has 2 aromatic carbocycles. The van der Waals surface area contributed by atoms with Crippen molar-refractivity contribution in [2.45, 2.75) is 11.4 Å². The van der Waals surface area contributed by atoms with Crippen molar-refractivity contribution in [1.82, 2.24) is 4.72 Å². The molecule has 0 radical (unpaired) electrons. The molecule has 21 heavy (non-hydrogen) atoms. The molecule has 0 atom stereocenters. The van der Waals surface area contributed by atoms with Crippen LogP contribution in [0, 0.1) is 0 Å². The molecule has 6 nitrogen and oxygen atoms in total. The van der Waals surface area contributed by atoms with Crippen molar-refractivity contribution in [1.29, 1.82) is 0 Å². The maximum atomic E-state index is 12.1. The summed E-state index contributed by atoms with van der Waals surface area (Å²) in [7, 11) is -3.56. The fourth-order valence-electron chi connectivity index (χ4n) is 1.76. The molecule has 0 unspecified atom stereocenters. The van der Waals surface area contributed by atoms with E-state index in [1.165, 1.54) is 12.1 Å². The average molecular weight is 305 g/mol. The van der Waals surface area contributed by atoms with Gasteiger partial charge >= 0.3 is 0 Å². The Kier molecular flexibility index (Phi) is 4.56. The van der Waals surface area contributed by atoms with Crippen molar-refractivity contribution in [2.75, 3.05) is 0 Å². The van der Waals surface area contributed by atoms with E-state index in [4.69, 9.17) is 10.9 Å². The summed E-state index contributed by atoms with van der Waals surface area (Å²) >= 11 is 0. The zero-order valence-electron chi connectivity index (χ0n) is 11.1. The van der Waals surface area contributed by atoms with Crippen LogP contribution in [0.4, 0.5) is 0 Å². The van der Waals surface area contributed by atoms with Crippen LogP contribution in [-0.4, -0.2) is 19.5 Å².